The van der Waals surface area contributed by atoms with Crippen molar-refractivity contribution in [2.75, 3.05) is 40.3 Å². The van der Waals surface area contributed by atoms with Gasteiger partial charge in [-0.2, -0.15) is 0 Å². The zero-order valence-electron chi connectivity index (χ0n) is 11.8. The van der Waals surface area contributed by atoms with Crippen LogP contribution in [-0.4, -0.2) is 50.1 Å². The molecule has 0 radical (unpaired) electrons. The molecule has 3 rings (SSSR count). The molecule has 2 nitrogen and oxygen atoms in total. The Morgan fingerprint density at radius 1 is 1.06 bits per heavy atom. The van der Waals surface area contributed by atoms with Gasteiger partial charge in [-0.3, -0.25) is 4.90 Å². The topological polar surface area (TPSA) is 6.48 Å². The minimum Gasteiger partial charge on any atom is -0.302 e. The molecule has 0 N–H and O–H groups in total. The molecular formula is C15H26N2. The van der Waals surface area contributed by atoms with Crippen molar-refractivity contribution in [2.45, 2.75) is 26.7 Å². The minimum atomic E-state index is 0.853. The highest BCUT2D eigenvalue weighted by Crippen LogP contribution is 2.34. The van der Waals surface area contributed by atoms with Crippen molar-refractivity contribution in [2.24, 2.45) is 5.92 Å². The summed E-state index contributed by atoms with van der Waals surface area (Å²) < 4.78 is 0. The summed E-state index contributed by atoms with van der Waals surface area (Å²) in [6, 6.07) is 0. The summed E-state index contributed by atoms with van der Waals surface area (Å²) in [5, 5.41) is 0. The Hall–Kier alpha value is -0.600. The number of fused-ring (bicyclic) bond motifs is 1. The SMILES string of the molecule is CC.CN1CC2=C(CCC3CN(C)CC3=C2)C1. The van der Waals surface area contributed by atoms with Crippen molar-refractivity contribution in [1.82, 2.24) is 9.80 Å². The third-order valence-electron chi connectivity index (χ3n) is 4.02. The second-order valence-corrected chi connectivity index (χ2v) is 5.45. The quantitative estimate of drug-likeness (QED) is 0.635. The lowest BCUT2D eigenvalue weighted by atomic mass is 9.97. The van der Waals surface area contributed by atoms with Crippen LogP contribution < -0.4 is 0 Å². The third-order valence-corrected chi connectivity index (χ3v) is 4.02. The standard InChI is InChI=1S/C13H20N2.C2H6/c1-14-6-10-3-4-11-7-15(2)9-13(11)5-12(10)8-14;1-2/h5,10H,3-4,6-9H2,1-2H3;1-2H3. The number of hydrogen-bond acceptors (Lipinski definition) is 2. The summed E-state index contributed by atoms with van der Waals surface area (Å²) in [6.45, 7) is 8.87. The van der Waals surface area contributed by atoms with Gasteiger partial charge < -0.3 is 4.90 Å². The molecule has 96 valence electrons. The molecule has 0 aromatic heterocycles. The van der Waals surface area contributed by atoms with Gasteiger partial charge in [-0.25, -0.2) is 0 Å². The molecule has 0 saturated carbocycles. The minimum absolute atomic E-state index is 0.853. The molecule has 0 bridgehead atoms. The molecule has 1 unspecified atom stereocenters. The number of hydrogen-bond donors (Lipinski definition) is 0. The van der Waals surface area contributed by atoms with Gasteiger partial charge in [0.25, 0.3) is 0 Å². The van der Waals surface area contributed by atoms with Crippen LogP contribution in [-0.2, 0) is 0 Å². The van der Waals surface area contributed by atoms with E-state index in [0.29, 0.717) is 0 Å². The van der Waals surface area contributed by atoms with Gasteiger partial charge in [0, 0.05) is 26.2 Å². The Bertz CT molecular complexity index is 341. The molecule has 3 aliphatic rings. The van der Waals surface area contributed by atoms with Crippen LogP contribution in [0.25, 0.3) is 0 Å². The van der Waals surface area contributed by atoms with E-state index in [-0.39, 0.29) is 0 Å². The Labute approximate surface area is 106 Å². The van der Waals surface area contributed by atoms with Gasteiger partial charge in [0.2, 0.25) is 0 Å². The van der Waals surface area contributed by atoms with Gasteiger partial charge in [0.15, 0.2) is 0 Å². The molecule has 2 heteroatoms. The molecule has 0 aromatic rings. The average molecular weight is 234 g/mol. The van der Waals surface area contributed by atoms with Crippen LogP contribution in [0.4, 0.5) is 0 Å². The molecule has 17 heavy (non-hydrogen) atoms. The first-order valence-electron chi connectivity index (χ1n) is 7.01. The molecule has 2 aliphatic heterocycles. The first-order chi connectivity index (χ1) is 8.22. The van der Waals surface area contributed by atoms with Gasteiger partial charge in [-0.1, -0.05) is 31.1 Å². The third kappa shape index (κ3) is 2.63. The fourth-order valence-corrected chi connectivity index (χ4v) is 3.28. The van der Waals surface area contributed by atoms with Crippen LogP contribution >= 0.6 is 0 Å². The smallest absolute Gasteiger partial charge is 0.0234 e. The number of likely N-dealkylation sites (N-methyl/N-ethyl adjacent to an activating group) is 2. The summed E-state index contributed by atoms with van der Waals surface area (Å²) >= 11 is 0. The van der Waals surface area contributed by atoms with Crippen LogP contribution in [0, 0.1) is 5.92 Å². The van der Waals surface area contributed by atoms with E-state index >= 15 is 0 Å². The molecule has 1 fully saturated rings. The monoisotopic (exact) mass is 234 g/mol. The molecule has 1 atom stereocenters. The molecule has 0 spiro atoms. The highest BCUT2D eigenvalue weighted by molar-refractivity contribution is 5.38. The number of likely N-dealkylation sites (tertiary alicyclic amines) is 1. The molecule has 0 aromatic carbocycles. The van der Waals surface area contributed by atoms with Crippen molar-refractivity contribution in [3.05, 3.63) is 22.8 Å². The van der Waals surface area contributed by atoms with Gasteiger partial charge >= 0.3 is 0 Å². The number of nitrogens with zero attached hydrogens (tertiary/aromatic N) is 2. The van der Waals surface area contributed by atoms with Crippen molar-refractivity contribution in [3.8, 4) is 0 Å². The number of rotatable bonds is 0. The van der Waals surface area contributed by atoms with Crippen molar-refractivity contribution < 1.29 is 0 Å². The first-order valence-corrected chi connectivity index (χ1v) is 7.01. The van der Waals surface area contributed by atoms with Crippen molar-refractivity contribution in [1.29, 1.82) is 0 Å². The molecule has 2 heterocycles. The van der Waals surface area contributed by atoms with E-state index < -0.39 is 0 Å². The Kier molecular flexibility index (Phi) is 4.05. The fraction of sp³-hybridized carbons (Fsp3) is 0.733. The molecule has 1 aliphatic carbocycles. The maximum absolute atomic E-state index is 2.51. The van der Waals surface area contributed by atoms with Crippen molar-refractivity contribution in [3.63, 3.8) is 0 Å². The van der Waals surface area contributed by atoms with Gasteiger partial charge in [-0.05, 0) is 38.4 Å². The zero-order chi connectivity index (χ0) is 12.4. The van der Waals surface area contributed by atoms with E-state index in [2.05, 4.69) is 30.0 Å². The summed E-state index contributed by atoms with van der Waals surface area (Å²) in [5.74, 6) is 0.853. The van der Waals surface area contributed by atoms with E-state index in [1.165, 1.54) is 39.0 Å². The van der Waals surface area contributed by atoms with Crippen LogP contribution in [0.2, 0.25) is 0 Å². The lowest BCUT2D eigenvalue weighted by molar-refractivity contribution is 0.385. The van der Waals surface area contributed by atoms with Crippen LogP contribution in [0.1, 0.15) is 26.7 Å². The van der Waals surface area contributed by atoms with E-state index in [0.717, 1.165) is 5.92 Å². The van der Waals surface area contributed by atoms with E-state index in [4.69, 9.17) is 0 Å². The highest BCUT2D eigenvalue weighted by Gasteiger charge is 2.29. The zero-order valence-corrected chi connectivity index (χ0v) is 11.8. The predicted molar refractivity (Wildman–Crippen MR) is 74.2 cm³/mol. The second kappa shape index (κ2) is 5.36. The lowest BCUT2D eigenvalue weighted by Crippen LogP contribution is -2.16. The predicted octanol–water partition coefficient (Wildman–Crippen LogP) is 2.54. The average Bonchev–Trinajstić information content (AvgIpc) is 2.79. The van der Waals surface area contributed by atoms with E-state index in [1.807, 2.05) is 13.8 Å². The molecule has 1 saturated heterocycles. The van der Waals surface area contributed by atoms with Gasteiger partial charge in [-0.15, -0.1) is 0 Å². The maximum atomic E-state index is 2.51. The Morgan fingerprint density at radius 2 is 1.82 bits per heavy atom. The summed E-state index contributed by atoms with van der Waals surface area (Å²) in [4.78, 5) is 4.89. The second-order valence-electron chi connectivity index (χ2n) is 5.45. The van der Waals surface area contributed by atoms with E-state index in [9.17, 15) is 0 Å². The lowest BCUT2D eigenvalue weighted by Gasteiger charge is -2.12. The normalized spacial score (nSPS) is 29.2. The summed E-state index contributed by atoms with van der Waals surface area (Å²) in [7, 11) is 4.47. The molecule has 0 amide bonds. The van der Waals surface area contributed by atoms with Crippen molar-refractivity contribution >= 4 is 0 Å². The largest absolute Gasteiger partial charge is 0.302 e. The van der Waals surface area contributed by atoms with Crippen LogP contribution in [0.5, 0.6) is 0 Å². The Morgan fingerprint density at radius 3 is 2.59 bits per heavy atom. The molecular weight excluding hydrogens is 208 g/mol. The van der Waals surface area contributed by atoms with Gasteiger partial charge in [0.1, 0.15) is 0 Å². The summed E-state index contributed by atoms with van der Waals surface area (Å²) in [5.41, 5.74) is 5.03. The van der Waals surface area contributed by atoms with Crippen LogP contribution in [0.3, 0.4) is 0 Å². The van der Waals surface area contributed by atoms with Crippen LogP contribution in [0.15, 0.2) is 22.8 Å². The first kappa shape index (κ1) is 12.8. The summed E-state index contributed by atoms with van der Waals surface area (Å²) in [6.07, 6.45) is 5.22. The van der Waals surface area contributed by atoms with Gasteiger partial charge in [0.05, 0.1) is 0 Å². The fourth-order valence-electron chi connectivity index (χ4n) is 3.28. The van der Waals surface area contributed by atoms with E-state index in [1.54, 1.807) is 16.7 Å². The maximum Gasteiger partial charge on any atom is 0.0234 e. The Balaban J connectivity index is 0.000000514. The highest BCUT2D eigenvalue weighted by atomic mass is 15.1.